The molecule has 2 amide bonds. The highest BCUT2D eigenvalue weighted by Crippen LogP contribution is 2.36. The van der Waals surface area contributed by atoms with Gasteiger partial charge >= 0.3 is 6.18 Å². The number of carbonyl (C=O) groups is 2. The van der Waals surface area contributed by atoms with Gasteiger partial charge in [0.2, 0.25) is 10.0 Å². The van der Waals surface area contributed by atoms with Crippen LogP contribution in [0.4, 0.5) is 13.2 Å². The summed E-state index contributed by atoms with van der Waals surface area (Å²) in [7, 11) is -4.18. The molecule has 0 radical (unpaired) electrons. The molecule has 2 aliphatic heterocycles. The maximum atomic E-state index is 13.1. The van der Waals surface area contributed by atoms with Crippen LogP contribution in [-0.4, -0.2) is 67.2 Å². The summed E-state index contributed by atoms with van der Waals surface area (Å²) in [6.45, 7) is 0.392. The van der Waals surface area contributed by atoms with Gasteiger partial charge in [0.25, 0.3) is 11.8 Å². The zero-order chi connectivity index (χ0) is 23.3. The molecule has 1 fully saturated rings. The molecule has 0 bridgehead atoms. The van der Waals surface area contributed by atoms with E-state index in [1.165, 1.54) is 0 Å². The molecule has 0 aromatic heterocycles. The predicted molar refractivity (Wildman–Crippen MR) is 109 cm³/mol. The van der Waals surface area contributed by atoms with Crippen LogP contribution in [-0.2, 0) is 16.2 Å². The van der Waals surface area contributed by atoms with Crippen molar-refractivity contribution in [3.05, 3.63) is 64.2 Å². The van der Waals surface area contributed by atoms with E-state index in [0.717, 1.165) is 21.3 Å². The van der Waals surface area contributed by atoms with Gasteiger partial charge in [0.05, 0.1) is 33.3 Å². The van der Waals surface area contributed by atoms with Gasteiger partial charge in [0.1, 0.15) is 0 Å². The van der Waals surface area contributed by atoms with Crippen molar-refractivity contribution in [3.8, 4) is 0 Å². The summed E-state index contributed by atoms with van der Waals surface area (Å²) in [6.07, 6.45) is -4.78. The summed E-state index contributed by atoms with van der Waals surface area (Å²) in [5.74, 6) is -0.831. The Balaban J connectivity index is 1.44. The lowest BCUT2D eigenvalue weighted by Crippen LogP contribution is -2.52. The molecular formula is C20H17ClF3N3O4S. The van der Waals surface area contributed by atoms with Crippen molar-refractivity contribution in [2.45, 2.75) is 11.1 Å². The molecule has 12 heteroatoms. The molecule has 170 valence electrons. The molecule has 0 N–H and O–H groups in total. The van der Waals surface area contributed by atoms with Gasteiger partial charge in [-0.15, -0.1) is 0 Å². The van der Waals surface area contributed by atoms with Gasteiger partial charge in [0, 0.05) is 26.2 Å². The number of hydrogen-bond acceptors (Lipinski definition) is 5. The maximum absolute atomic E-state index is 13.1. The average molecular weight is 488 g/mol. The normalized spacial score (nSPS) is 18.3. The van der Waals surface area contributed by atoms with E-state index < -0.39 is 43.5 Å². The van der Waals surface area contributed by atoms with Crippen LogP contribution in [0.1, 0.15) is 26.3 Å². The highest BCUT2D eigenvalue weighted by atomic mass is 35.5. The van der Waals surface area contributed by atoms with Crippen LogP contribution in [0.2, 0.25) is 5.02 Å². The standard InChI is InChI=1S/C20H17ClF3N3O4S/c21-17-6-5-13(11-16(17)20(22,23)24)32(30,31)26-9-7-25(8-10-26)12-27-18(28)14-3-1-2-4-15(14)19(27)29/h1-6,11H,7-10,12H2. The topological polar surface area (TPSA) is 78.0 Å². The van der Waals surface area contributed by atoms with Crippen LogP contribution in [0.5, 0.6) is 0 Å². The number of sulfonamides is 1. The third-order valence-electron chi connectivity index (χ3n) is 5.43. The van der Waals surface area contributed by atoms with Gasteiger partial charge in [-0.05, 0) is 30.3 Å². The quantitative estimate of drug-likeness (QED) is 0.620. The Morgan fingerprint density at radius 3 is 2.00 bits per heavy atom. The zero-order valence-electron chi connectivity index (χ0n) is 16.5. The minimum Gasteiger partial charge on any atom is -0.283 e. The second-order valence-electron chi connectivity index (χ2n) is 7.39. The zero-order valence-corrected chi connectivity index (χ0v) is 18.0. The maximum Gasteiger partial charge on any atom is 0.417 e. The third kappa shape index (κ3) is 4.01. The number of piperazine rings is 1. The number of nitrogens with zero attached hydrogens (tertiary/aromatic N) is 3. The van der Waals surface area contributed by atoms with Gasteiger partial charge < -0.3 is 0 Å². The van der Waals surface area contributed by atoms with Crippen LogP contribution < -0.4 is 0 Å². The molecule has 0 saturated carbocycles. The van der Waals surface area contributed by atoms with E-state index >= 15 is 0 Å². The molecule has 0 atom stereocenters. The molecule has 0 aliphatic carbocycles. The van der Waals surface area contributed by atoms with Crippen LogP contribution in [0.15, 0.2) is 47.4 Å². The van der Waals surface area contributed by atoms with Crippen molar-refractivity contribution >= 4 is 33.4 Å². The fourth-order valence-corrected chi connectivity index (χ4v) is 5.38. The Morgan fingerprint density at radius 1 is 0.906 bits per heavy atom. The van der Waals surface area contributed by atoms with Gasteiger partial charge in [-0.2, -0.15) is 17.5 Å². The third-order valence-corrected chi connectivity index (χ3v) is 7.66. The fourth-order valence-electron chi connectivity index (χ4n) is 3.71. The van der Waals surface area contributed by atoms with Gasteiger partial charge in [-0.1, -0.05) is 23.7 Å². The number of alkyl halides is 3. The van der Waals surface area contributed by atoms with E-state index in [2.05, 4.69) is 0 Å². The van der Waals surface area contributed by atoms with Crippen LogP contribution in [0.3, 0.4) is 0 Å². The van der Waals surface area contributed by atoms with Crippen molar-refractivity contribution in [1.29, 1.82) is 0 Å². The predicted octanol–water partition coefficient (Wildman–Crippen LogP) is 2.92. The van der Waals surface area contributed by atoms with Crippen molar-refractivity contribution in [2.24, 2.45) is 0 Å². The number of imide groups is 1. The average Bonchev–Trinajstić information content (AvgIpc) is 2.98. The van der Waals surface area contributed by atoms with Crippen molar-refractivity contribution in [2.75, 3.05) is 32.8 Å². The lowest BCUT2D eigenvalue weighted by atomic mass is 10.1. The number of hydrogen-bond donors (Lipinski definition) is 0. The van der Waals surface area contributed by atoms with E-state index in [1.54, 1.807) is 29.2 Å². The Labute approximate surface area is 187 Å². The minimum atomic E-state index is -4.78. The van der Waals surface area contributed by atoms with E-state index in [9.17, 15) is 31.2 Å². The van der Waals surface area contributed by atoms with E-state index in [1.807, 2.05) is 0 Å². The van der Waals surface area contributed by atoms with Crippen molar-refractivity contribution < 1.29 is 31.2 Å². The second-order valence-corrected chi connectivity index (χ2v) is 9.73. The first-order valence-corrected chi connectivity index (χ1v) is 11.4. The lowest BCUT2D eigenvalue weighted by Gasteiger charge is -2.35. The number of amides is 2. The summed E-state index contributed by atoms with van der Waals surface area (Å²) in [4.78, 5) is 27.3. The summed E-state index contributed by atoms with van der Waals surface area (Å²) in [5, 5.41) is -0.581. The van der Waals surface area contributed by atoms with E-state index in [-0.39, 0.29) is 32.8 Å². The first-order valence-electron chi connectivity index (χ1n) is 9.54. The molecule has 0 spiro atoms. The molecule has 2 aromatic carbocycles. The van der Waals surface area contributed by atoms with Gasteiger partial charge in [-0.25, -0.2) is 8.42 Å². The van der Waals surface area contributed by atoms with Crippen LogP contribution in [0.25, 0.3) is 0 Å². The Morgan fingerprint density at radius 2 is 1.47 bits per heavy atom. The molecule has 4 rings (SSSR count). The summed E-state index contributed by atoms with van der Waals surface area (Å²) >= 11 is 5.58. The molecule has 7 nitrogen and oxygen atoms in total. The summed E-state index contributed by atoms with van der Waals surface area (Å²) in [6, 6.07) is 8.95. The summed E-state index contributed by atoms with van der Waals surface area (Å²) < 4.78 is 66.1. The monoisotopic (exact) mass is 487 g/mol. The number of fused-ring (bicyclic) bond motifs is 1. The second kappa shape index (κ2) is 8.14. The molecule has 2 heterocycles. The highest BCUT2D eigenvalue weighted by Gasteiger charge is 2.38. The van der Waals surface area contributed by atoms with Crippen LogP contribution >= 0.6 is 11.6 Å². The molecule has 32 heavy (non-hydrogen) atoms. The Bertz CT molecular complexity index is 1160. The number of halogens is 4. The Kier molecular flexibility index (Phi) is 5.78. The fraction of sp³-hybridized carbons (Fsp3) is 0.300. The molecule has 2 aliphatic rings. The number of carbonyl (C=O) groups excluding carboxylic acids is 2. The molecular weight excluding hydrogens is 471 g/mol. The van der Waals surface area contributed by atoms with Crippen molar-refractivity contribution in [3.63, 3.8) is 0 Å². The van der Waals surface area contributed by atoms with E-state index in [4.69, 9.17) is 11.6 Å². The molecule has 1 saturated heterocycles. The largest absolute Gasteiger partial charge is 0.417 e. The van der Waals surface area contributed by atoms with Gasteiger partial charge in [-0.3, -0.25) is 19.4 Å². The number of benzene rings is 2. The summed E-state index contributed by atoms with van der Waals surface area (Å²) in [5.41, 5.74) is -0.576. The molecule has 2 aromatic rings. The van der Waals surface area contributed by atoms with Gasteiger partial charge in [0.15, 0.2) is 0 Å². The number of rotatable bonds is 4. The van der Waals surface area contributed by atoms with Crippen LogP contribution in [0, 0.1) is 0 Å². The minimum absolute atomic E-state index is 0.000594. The highest BCUT2D eigenvalue weighted by molar-refractivity contribution is 7.89. The first-order chi connectivity index (χ1) is 15.0. The van der Waals surface area contributed by atoms with E-state index in [0.29, 0.717) is 17.2 Å². The first kappa shape index (κ1) is 22.7. The Hall–Kier alpha value is -2.47. The molecule has 0 unspecified atom stereocenters. The van der Waals surface area contributed by atoms with Crippen molar-refractivity contribution in [1.82, 2.24) is 14.1 Å². The lowest BCUT2D eigenvalue weighted by molar-refractivity contribution is -0.137. The smallest absolute Gasteiger partial charge is 0.283 e. The SMILES string of the molecule is O=C1c2ccccc2C(=O)N1CN1CCN(S(=O)(=O)c2ccc(Cl)c(C(F)(F)F)c2)CC1.